The Hall–Kier alpha value is -3.16. The summed E-state index contributed by atoms with van der Waals surface area (Å²) in [6.07, 6.45) is -4.50. The molecule has 0 heterocycles. The number of halogens is 3. The molecule has 0 saturated heterocycles. The molecule has 27 heavy (non-hydrogen) atoms. The molecule has 0 radical (unpaired) electrons. The molecule has 5 nitrogen and oxygen atoms in total. The highest BCUT2D eigenvalue weighted by molar-refractivity contribution is 6.05. The lowest BCUT2D eigenvalue weighted by atomic mass is 10.1. The molecular formula is C19H18F3N3O2. The maximum absolute atomic E-state index is 12.7. The van der Waals surface area contributed by atoms with E-state index in [0.29, 0.717) is 5.71 Å². The van der Waals surface area contributed by atoms with Crippen LogP contribution in [-0.4, -0.2) is 17.5 Å². The van der Waals surface area contributed by atoms with Gasteiger partial charge in [0.25, 0.3) is 0 Å². The first-order valence-corrected chi connectivity index (χ1v) is 8.07. The second-order valence-electron chi connectivity index (χ2n) is 5.85. The van der Waals surface area contributed by atoms with E-state index >= 15 is 0 Å². The first-order valence-electron chi connectivity index (χ1n) is 8.07. The van der Waals surface area contributed by atoms with Crippen molar-refractivity contribution in [2.45, 2.75) is 25.9 Å². The molecule has 2 aromatic carbocycles. The van der Waals surface area contributed by atoms with Gasteiger partial charge in [-0.3, -0.25) is 9.59 Å². The number of nitrogens with one attached hydrogen (secondary N) is 2. The van der Waals surface area contributed by atoms with Gasteiger partial charge in [-0.15, -0.1) is 0 Å². The van der Waals surface area contributed by atoms with E-state index in [1.165, 1.54) is 19.1 Å². The highest BCUT2D eigenvalue weighted by atomic mass is 19.4. The minimum Gasteiger partial charge on any atom is -0.326 e. The molecule has 2 aromatic rings. The molecular weight excluding hydrogens is 359 g/mol. The molecule has 2 rings (SSSR count). The van der Waals surface area contributed by atoms with E-state index in [-0.39, 0.29) is 24.4 Å². The summed E-state index contributed by atoms with van der Waals surface area (Å²) < 4.78 is 38.0. The number of hydrogen-bond donors (Lipinski definition) is 2. The van der Waals surface area contributed by atoms with Crippen LogP contribution in [0.1, 0.15) is 24.5 Å². The molecule has 0 aromatic heterocycles. The molecule has 0 aliphatic rings. The van der Waals surface area contributed by atoms with Crippen molar-refractivity contribution < 1.29 is 22.8 Å². The van der Waals surface area contributed by atoms with Crippen LogP contribution in [0.4, 0.5) is 18.9 Å². The van der Waals surface area contributed by atoms with Gasteiger partial charge in [-0.2, -0.15) is 18.3 Å². The maximum atomic E-state index is 12.7. The number of carbonyl (C=O) groups excluding carboxylic acids is 2. The second-order valence-corrected chi connectivity index (χ2v) is 5.85. The standard InChI is InChI=1S/C19H18F3N3O2/c1-13(24-25-18(27)11-14-6-3-2-4-7-14)10-17(26)23-16-9-5-8-15(12-16)19(20,21)22/h2-9,12H,10-11H2,1H3,(H,23,26)(H,25,27)/b24-13-. The van der Waals surface area contributed by atoms with Crippen molar-refractivity contribution in [3.8, 4) is 0 Å². The van der Waals surface area contributed by atoms with Crippen molar-refractivity contribution in [2.24, 2.45) is 5.10 Å². The summed E-state index contributed by atoms with van der Waals surface area (Å²) in [5.74, 6) is -0.869. The van der Waals surface area contributed by atoms with E-state index in [4.69, 9.17) is 0 Å². The Balaban J connectivity index is 1.86. The van der Waals surface area contributed by atoms with Crippen LogP contribution in [0.3, 0.4) is 0 Å². The van der Waals surface area contributed by atoms with Crippen molar-refractivity contribution in [3.63, 3.8) is 0 Å². The number of hydrogen-bond acceptors (Lipinski definition) is 3. The van der Waals surface area contributed by atoms with Gasteiger partial charge >= 0.3 is 6.18 Å². The molecule has 0 fully saturated rings. The van der Waals surface area contributed by atoms with Crippen molar-refractivity contribution in [1.82, 2.24) is 5.43 Å². The number of nitrogens with zero attached hydrogens (tertiary/aromatic N) is 1. The summed E-state index contributed by atoms with van der Waals surface area (Å²) in [5.41, 5.74) is 2.68. The Kier molecular flexibility index (Phi) is 6.70. The molecule has 0 spiro atoms. The van der Waals surface area contributed by atoms with E-state index in [1.54, 1.807) is 12.1 Å². The number of hydrazone groups is 1. The van der Waals surface area contributed by atoms with Crippen LogP contribution in [-0.2, 0) is 22.2 Å². The van der Waals surface area contributed by atoms with Gasteiger partial charge in [0.2, 0.25) is 11.8 Å². The predicted molar refractivity (Wildman–Crippen MR) is 96.1 cm³/mol. The Morgan fingerprint density at radius 3 is 2.37 bits per heavy atom. The molecule has 0 aliphatic heterocycles. The van der Waals surface area contributed by atoms with Crippen LogP contribution in [0, 0.1) is 0 Å². The molecule has 0 aliphatic carbocycles. The molecule has 0 atom stereocenters. The molecule has 0 bridgehead atoms. The Labute approximate surface area is 154 Å². The first-order chi connectivity index (χ1) is 12.7. The SMILES string of the molecule is C/C(CC(=O)Nc1cccc(C(F)(F)F)c1)=N/NC(=O)Cc1ccccc1. The largest absolute Gasteiger partial charge is 0.416 e. The van der Waals surface area contributed by atoms with Crippen LogP contribution in [0.2, 0.25) is 0 Å². The zero-order chi connectivity index (χ0) is 19.9. The number of benzene rings is 2. The summed E-state index contributed by atoms with van der Waals surface area (Å²) in [5, 5.41) is 6.22. The van der Waals surface area contributed by atoms with Gasteiger partial charge in [0.15, 0.2) is 0 Å². The monoisotopic (exact) mass is 377 g/mol. The van der Waals surface area contributed by atoms with Crippen LogP contribution in [0.25, 0.3) is 0 Å². The fourth-order valence-electron chi connectivity index (χ4n) is 2.23. The highest BCUT2D eigenvalue weighted by Gasteiger charge is 2.30. The number of rotatable bonds is 6. The summed E-state index contributed by atoms with van der Waals surface area (Å²) in [6.45, 7) is 1.54. The smallest absolute Gasteiger partial charge is 0.326 e. The van der Waals surface area contributed by atoms with E-state index in [9.17, 15) is 22.8 Å². The number of amides is 2. The number of alkyl halides is 3. The van der Waals surface area contributed by atoms with Gasteiger partial charge in [0.1, 0.15) is 0 Å². The van der Waals surface area contributed by atoms with Crippen LogP contribution < -0.4 is 10.7 Å². The van der Waals surface area contributed by atoms with Gasteiger partial charge in [-0.05, 0) is 30.7 Å². The Morgan fingerprint density at radius 2 is 1.70 bits per heavy atom. The third kappa shape index (κ3) is 6.93. The summed E-state index contributed by atoms with van der Waals surface area (Å²) in [4.78, 5) is 23.7. The third-order valence-electron chi connectivity index (χ3n) is 3.47. The fraction of sp³-hybridized carbons (Fsp3) is 0.211. The molecule has 0 saturated carbocycles. The van der Waals surface area contributed by atoms with Gasteiger partial charge in [0.05, 0.1) is 18.4 Å². The Morgan fingerprint density at radius 1 is 1.00 bits per heavy atom. The predicted octanol–water partition coefficient (Wildman–Crippen LogP) is 3.77. The minimum absolute atomic E-state index is 0.0377. The Bertz CT molecular complexity index is 834. The van der Waals surface area contributed by atoms with E-state index in [0.717, 1.165) is 17.7 Å². The molecule has 2 N–H and O–H groups in total. The van der Waals surface area contributed by atoms with Crippen molar-refractivity contribution in [2.75, 3.05) is 5.32 Å². The van der Waals surface area contributed by atoms with Gasteiger partial charge in [-0.25, -0.2) is 5.43 Å². The number of carbonyl (C=O) groups is 2. The van der Waals surface area contributed by atoms with Gasteiger partial charge < -0.3 is 5.32 Å². The quantitative estimate of drug-likeness (QED) is 0.594. The molecule has 0 unspecified atom stereocenters. The number of anilines is 1. The summed E-state index contributed by atoms with van der Waals surface area (Å²) in [6, 6.07) is 13.4. The average Bonchev–Trinajstić information content (AvgIpc) is 2.60. The fourth-order valence-corrected chi connectivity index (χ4v) is 2.23. The molecule has 8 heteroatoms. The van der Waals surface area contributed by atoms with Crippen molar-refractivity contribution in [1.29, 1.82) is 0 Å². The van der Waals surface area contributed by atoms with Crippen molar-refractivity contribution in [3.05, 3.63) is 65.7 Å². The zero-order valence-corrected chi connectivity index (χ0v) is 14.5. The topological polar surface area (TPSA) is 70.6 Å². The second kappa shape index (κ2) is 8.98. The van der Waals surface area contributed by atoms with Crippen molar-refractivity contribution >= 4 is 23.2 Å². The van der Waals surface area contributed by atoms with Crippen LogP contribution in [0.15, 0.2) is 59.7 Å². The zero-order valence-electron chi connectivity index (χ0n) is 14.5. The first kappa shape index (κ1) is 20.2. The maximum Gasteiger partial charge on any atom is 0.416 e. The lowest BCUT2D eigenvalue weighted by molar-refractivity contribution is -0.137. The molecule has 142 valence electrons. The van der Waals surface area contributed by atoms with E-state index in [2.05, 4.69) is 15.8 Å². The van der Waals surface area contributed by atoms with E-state index < -0.39 is 17.6 Å². The minimum atomic E-state index is -4.48. The highest BCUT2D eigenvalue weighted by Crippen LogP contribution is 2.30. The average molecular weight is 377 g/mol. The van der Waals surface area contributed by atoms with Gasteiger partial charge in [-0.1, -0.05) is 36.4 Å². The van der Waals surface area contributed by atoms with Crippen LogP contribution in [0.5, 0.6) is 0 Å². The van der Waals surface area contributed by atoms with E-state index in [1.807, 2.05) is 18.2 Å². The molecule has 2 amide bonds. The van der Waals surface area contributed by atoms with Gasteiger partial charge in [0, 0.05) is 11.4 Å². The lowest BCUT2D eigenvalue weighted by Gasteiger charge is -2.10. The van der Waals surface area contributed by atoms with Crippen LogP contribution >= 0.6 is 0 Å². The lowest BCUT2D eigenvalue weighted by Crippen LogP contribution is -2.23. The summed E-state index contributed by atoms with van der Waals surface area (Å²) in [7, 11) is 0. The third-order valence-corrected chi connectivity index (χ3v) is 3.47. The normalized spacial score (nSPS) is 11.8. The summed E-state index contributed by atoms with van der Waals surface area (Å²) >= 11 is 0.